The standard InChI is InChI=1S/C14H13NO4S2/c1-8-4-2-3-5-9(8)6-11-12(17)15(14(20)21-11)10(7-16)13(18)19/h2-6,10,16H,7H2,1H3,(H,18,19)/b11-6-. The van der Waals surface area contributed by atoms with Crippen molar-refractivity contribution < 1.29 is 19.8 Å². The summed E-state index contributed by atoms with van der Waals surface area (Å²) < 4.78 is 0.140. The third-order valence-corrected chi connectivity index (χ3v) is 4.40. The maximum absolute atomic E-state index is 12.3. The van der Waals surface area contributed by atoms with E-state index in [1.165, 1.54) is 0 Å². The van der Waals surface area contributed by atoms with Crippen LogP contribution in [0.2, 0.25) is 0 Å². The highest BCUT2D eigenvalue weighted by Gasteiger charge is 2.40. The molecule has 1 heterocycles. The molecule has 5 nitrogen and oxygen atoms in total. The molecule has 110 valence electrons. The average molecular weight is 323 g/mol. The van der Waals surface area contributed by atoms with Crippen molar-refractivity contribution >= 4 is 46.3 Å². The SMILES string of the molecule is Cc1ccccc1/C=C1\SC(=S)N(C(CO)C(=O)O)C1=O. The molecular formula is C14H13NO4S2. The molecular weight excluding hydrogens is 310 g/mol. The van der Waals surface area contributed by atoms with E-state index in [0.29, 0.717) is 4.91 Å². The fourth-order valence-corrected chi connectivity index (χ4v) is 3.26. The van der Waals surface area contributed by atoms with Crippen LogP contribution in [-0.4, -0.2) is 44.0 Å². The van der Waals surface area contributed by atoms with Crippen LogP contribution in [0, 0.1) is 6.92 Å². The van der Waals surface area contributed by atoms with Gasteiger partial charge in [0.2, 0.25) is 0 Å². The third-order valence-electron chi connectivity index (χ3n) is 3.07. The summed E-state index contributed by atoms with van der Waals surface area (Å²) >= 11 is 6.10. The Morgan fingerprint density at radius 2 is 2.14 bits per heavy atom. The summed E-state index contributed by atoms with van der Waals surface area (Å²) in [5.41, 5.74) is 1.87. The zero-order valence-corrected chi connectivity index (χ0v) is 12.8. The monoisotopic (exact) mass is 323 g/mol. The van der Waals surface area contributed by atoms with Gasteiger partial charge in [-0.2, -0.15) is 0 Å². The van der Waals surface area contributed by atoms with Crippen molar-refractivity contribution in [2.24, 2.45) is 0 Å². The van der Waals surface area contributed by atoms with Crippen LogP contribution in [-0.2, 0) is 9.59 Å². The predicted molar refractivity (Wildman–Crippen MR) is 84.7 cm³/mol. The zero-order chi connectivity index (χ0) is 15.6. The van der Waals surface area contributed by atoms with Crippen molar-refractivity contribution in [3.63, 3.8) is 0 Å². The van der Waals surface area contributed by atoms with Gasteiger partial charge < -0.3 is 10.2 Å². The Morgan fingerprint density at radius 3 is 2.71 bits per heavy atom. The van der Waals surface area contributed by atoms with Crippen LogP contribution in [0.1, 0.15) is 11.1 Å². The maximum atomic E-state index is 12.3. The van der Waals surface area contributed by atoms with Crippen LogP contribution in [0.4, 0.5) is 0 Å². The van der Waals surface area contributed by atoms with Crippen LogP contribution in [0.5, 0.6) is 0 Å². The number of carbonyl (C=O) groups excluding carboxylic acids is 1. The van der Waals surface area contributed by atoms with Gasteiger partial charge in [0.25, 0.3) is 5.91 Å². The molecule has 1 atom stereocenters. The molecule has 0 aliphatic carbocycles. The molecule has 2 N–H and O–H groups in total. The Bertz CT molecular complexity index is 642. The second kappa shape index (κ2) is 6.38. The van der Waals surface area contributed by atoms with Gasteiger partial charge in [-0.15, -0.1) is 0 Å². The number of hydrogen-bond acceptors (Lipinski definition) is 5. The van der Waals surface area contributed by atoms with Gasteiger partial charge in [0.05, 0.1) is 11.5 Å². The molecule has 1 saturated heterocycles. The number of aliphatic hydroxyl groups is 1. The Kier molecular flexibility index (Phi) is 4.76. The number of thioether (sulfide) groups is 1. The number of carboxylic acids is 1. The van der Waals surface area contributed by atoms with Crippen LogP contribution in [0.15, 0.2) is 29.2 Å². The number of rotatable bonds is 4. The molecule has 1 aliphatic heterocycles. The minimum absolute atomic E-state index is 0.140. The average Bonchev–Trinajstić information content (AvgIpc) is 2.70. The minimum atomic E-state index is -1.35. The molecule has 1 fully saturated rings. The van der Waals surface area contributed by atoms with E-state index in [4.69, 9.17) is 22.4 Å². The molecule has 1 aromatic rings. The van der Waals surface area contributed by atoms with E-state index in [-0.39, 0.29) is 4.32 Å². The van der Waals surface area contributed by atoms with Gasteiger partial charge in [-0.3, -0.25) is 9.69 Å². The van der Waals surface area contributed by atoms with E-state index in [9.17, 15) is 9.59 Å². The highest BCUT2D eigenvalue weighted by Crippen LogP contribution is 2.34. The number of aliphatic hydroxyl groups excluding tert-OH is 1. The minimum Gasteiger partial charge on any atom is -0.480 e. The highest BCUT2D eigenvalue weighted by molar-refractivity contribution is 8.26. The molecule has 0 bridgehead atoms. The molecule has 1 aromatic carbocycles. The van der Waals surface area contributed by atoms with Crippen LogP contribution < -0.4 is 0 Å². The molecule has 2 rings (SSSR count). The van der Waals surface area contributed by atoms with Gasteiger partial charge in [-0.05, 0) is 24.1 Å². The molecule has 0 aromatic heterocycles. The molecule has 1 amide bonds. The smallest absolute Gasteiger partial charge is 0.329 e. The number of aryl methyl sites for hydroxylation is 1. The summed E-state index contributed by atoms with van der Waals surface area (Å²) in [6, 6.07) is 6.18. The first kappa shape index (κ1) is 15.7. The van der Waals surface area contributed by atoms with E-state index in [0.717, 1.165) is 27.8 Å². The van der Waals surface area contributed by atoms with Gasteiger partial charge in [0, 0.05) is 0 Å². The number of benzene rings is 1. The van der Waals surface area contributed by atoms with E-state index < -0.39 is 24.5 Å². The van der Waals surface area contributed by atoms with Crippen LogP contribution in [0.25, 0.3) is 6.08 Å². The quantitative estimate of drug-likeness (QED) is 0.648. The topological polar surface area (TPSA) is 77.8 Å². The Hall–Kier alpha value is -1.70. The lowest BCUT2D eigenvalue weighted by atomic mass is 10.1. The number of carbonyl (C=O) groups is 2. The van der Waals surface area contributed by atoms with Crippen molar-refractivity contribution in [3.8, 4) is 0 Å². The van der Waals surface area contributed by atoms with Crippen LogP contribution in [0.3, 0.4) is 0 Å². The molecule has 0 spiro atoms. The molecule has 0 radical (unpaired) electrons. The van der Waals surface area contributed by atoms with Crippen LogP contribution >= 0.6 is 24.0 Å². The van der Waals surface area contributed by atoms with E-state index in [2.05, 4.69) is 0 Å². The Morgan fingerprint density at radius 1 is 1.48 bits per heavy atom. The van der Waals surface area contributed by atoms with Crippen molar-refractivity contribution in [1.29, 1.82) is 0 Å². The fraction of sp³-hybridized carbons (Fsp3) is 0.214. The first-order valence-electron chi connectivity index (χ1n) is 6.12. The van der Waals surface area contributed by atoms with Gasteiger partial charge in [-0.25, -0.2) is 4.79 Å². The van der Waals surface area contributed by atoms with E-state index in [1.807, 2.05) is 31.2 Å². The molecule has 7 heteroatoms. The van der Waals surface area contributed by atoms with Crippen molar-refractivity contribution in [2.45, 2.75) is 13.0 Å². The van der Waals surface area contributed by atoms with Gasteiger partial charge in [0.15, 0.2) is 6.04 Å². The number of amides is 1. The molecule has 1 aliphatic rings. The van der Waals surface area contributed by atoms with Crippen molar-refractivity contribution in [1.82, 2.24) is 4.90 Å². The lowest BCUT2D eigenvalue weighted by Gasteiger charge is -2.20. The van der Waals surface area contributed by atoms with Gasteiger partial charge >= 0.3 is 5.97 Å². The lowest BCUT2D eigenvalue weighted by Crippen LogP contribution is -2.46. The summed E-state index contributed by atoms with van der Waals surface area (Å²) in [4.78, 5) is 24.7. The zero-order valence-electron chi connectivity index (χ0n) is 11.1. The van der Waals surface area contributed by atoms with Gasteiger partial charge in [0.1, 0.15) is 4.32 Å². The van der Waals surface area contributed by atoms with E-state index in [1.54, 1.807) is 6.08 Å². The second-order valence-electron chi connectivity index (χ2n) is 4.44. The number of nitrogens with zero attached hydrogens (tertiary/aromatic N) is 1. The number of carboxylic acid groups (broad SMARTS) is 1. The lowest BCUT2D eigenvalue weighted by molar-refractivity contribution is -0.146. The summed E-state index contributed by atoms with van der Waals surface area (Å²) in [5.74, 6) is -1.78. The normalized spacial score (nSPS) is 18.4. The number of aliphatic carboxylic acids is 1. The summed E-state index contributed by atoms with van der Waals surface area (Å²) in [6.45, 7) is 1.24. The highest BCUT2D eigenvalue weighted by atomic mass is 32.2. The van der Waals surface area contributed by atoms with Gasteiger partial charge in [-0.1, -0.05) is 48.2 Å². The maximum Gasteiger partial charge on any atom is 0.329 e. The summed E-state index contributed by atoms with van der Waals surface area (Å²) in [7, 11) is 0. The largest absolute Gasteiger partial charge is 0.480 e. The Labute approximate surface area is 131 Å². The Balaban J connectivity index is 2.34. The van der Waals surface area contributed by atoms with Crippen molar-refractivity contribution in [3.05, 3.63) is 40.3 Å². The summed E-state index contributed by atoms with van der Waals surface area (Å²) in [5, 5.41) is 18.2. The first-order valence-corrected chi connectivity index (χ1v) is 7.34. The van der Waals surface area contributed by atoms with E-state index >= 15 is 0 Å². The molecule has 1 unspecified atom stereocenters. The predicted octanol–water partition coefficient (Wildman–Crippen LogP) is 1.64. The fourth-order valence-electron chi connectivity index (χ4n) is 1.91. The number of thiocarbonyl (C=S) groups is 1. The third kappa shape index (κ3) is 3.15. The molecule has 0 saturated carbocycles. The second-order valence-corrected chi connectivity index (χ2v) is 6.12. The first-order chi connectivity index (χ1) is 9.95. The summed E-state index contributed by atoms with van der Waals surface area (Å²) in [6.07, 6.45) is 1.69. The molecule has 21 heavy (non-hydrogen) atoms. The number of hydrogen-bond donors (Lipinski definition) is 2. The van der Waals surface area contributed by atoms with Crippen molar-refractivity contribution in [2.75, 3.05) is 6.61 Å².